The maximum Gasteiger partial charge on any atom is 0.0923 e. The van der Waals surface area contributed by atoms with Crippen LogP contribution in [0.2, 0.25) is 0 Å². The summed E-state index contributed by atoms with van der Waals surface area (Å²) in [6.07, 6.45) is 0.707. The largest absolute Gasteiger partial charge is 0.345 e. The molecule has 0 aromatic heterocycles. The minimum atomic E-state index is -0.848. The lowest BCUT2D eigenvalue weighted by molar-refractivity contribution is 0.446. The summed E-state index contributed by atoms with van der Waals surface area (Å²) in [6.45, 7) is 0. The topological polar surface area (TPSA) is 9.23 Å². The van der Waals surface area contributed by atoms with Gasteiger partial charge in [0.15, 0.2) is 0 Å². The van der Waals surface area contributed by atoms with E-state index in [0.29, 0.717) is 6.35 Å². The van der Waals surface area contributed by atoms with Crippen molar-refractivity contribution in [3.63, 3.8) is 0 Å². The second-order valence-electron chi connectivity index (χ2n) is 6.32. The number of hydrogen-bond acceptors (Lipinski definition) is 1. The molecule has 0 heterocycles. The van der Waals surface area contributed by atoms with E-state index in [1.165, 1.54) is 21.2 Å². The predicted molar refractivity (Wildman–Crippen MR) is 124 cm³/mol. The predicted octanol–water partition coefficient (Wildman–Crippen LogP) is 5.14. The van der Waals surface area contributed by atoms with Gasteiger partial charge in [-0.2, -0.15) is 0 Å². The van der Waals surface area contributed by atoms with Crippen molar-refractivity contribution < 1.29 is 4.52 Å². The molecule has 0 amide bonds. The summed E-state index contributed by atoms with van der Waals surface area (Å²) in [5.74, 6) is 0. The highest BCUT2D eigenvalue weighted by molar-refractivity contribution is 7.74. The quantitative estimate of drug-likeness (QED) is 0.390. The van der Waals surface area contributed by atoms with Crippen molar-refractivity contribution in [3.8, 4) is 0 Å². The van der Waals surface area contributed by atoms with Crippen LogP contribution in [0, 0.1) is 0 Å². The van der Waals surface area contributed by atoms with E-state index in [2.05, 4.69) is 121 Å². The fourth-order valence-electron chi connectivity index (χ4n) is 3.05. The normalized spacial score (nSPS) is 11.1. The van der Waals surface area contributed by atoms with Gasteiger partial charge in [0.1, 0.15) is 0 Å². The molecule has 0 saturated heterocycles. The second-order valence-corrected chi connectivity index (χ2v) is 10.3. The molecule has 0 radical (unpaired) electrons. The molecule has 1 nitrogen and oxygen atoms in total. The van der Waals surface area contributed by atoms with Gasteiger partial charge in [0, 0.05) is 10.6 Å². The first-order chi connectivity index (χ1) is 13.9. The van der Waals surface area contributed by atoms with Crippen LogP contribution in [-0.4, -0.2) is 6.35 Å². The van der Waals surface area contributed by atoms with Gasteiger partial charge in [-0.15, -0.1) is 0 Å². The minimum absolute atomic E-state index is 0.570. The van der Waals surface area contributed by atoms with E-state index in [-0.39, 0.29) is 0 Å². The van der Waals surface area contributed by atoms with Crippen molar-refractivity contribution in [2.24, 2.45) is 0 Å². The first-order valence-electron chi connectivity index (χ1n) is 9.32. The summed E-state index contributed by atoms with van der Waals surface area (Å²) in [5, 5.41) is 5.19. The monoisotopic (exact) mass is 400 g/mol. The van der Waals surface area contributed by atoms with Crippen LogP contribution in [0.1, 0.15) is 0 Å². The zero-order valence-corrected chi connectivity index (χ0v) is 17.3. The van der Waals surface area contributed by atoms with E-state index in [9.17, 15) is 0 Å². The SMILES string of the molecule is c1ccc(P(COP(c2ccccc2)c2ccccc2)c2ccccc2)cc1. The van der Waals surface area contributed by atoms with Crippen LogP contribution >= 0.6 is 16.1 Å². The summed E-state index contributed by atoms with van der Waals surface area (Å²) in [7, 11) is -1.42. The molecule has 138 valence electrons. The molecule has 4 aromatic rings. The van der Waals surface area contributed by atoms with Crippen molar-refractivity contribution in [1.29, 1.82) is 0 Å². The zero-order valence-electron chi connectivity index (χ0n) is 15.6. The third-order valence-electron chi connectivity index (χ3n) is 4.43. The Bertz CT molecular complexity index is 798. The van der Waals surface area contributed by atoms with E-state index >= 15 is 0 Å². The Hall–Kier alpha value is -2.30. The lowest BCUT2D eigenvalue weighted by atomic mass is 10.4. The molecule has 28 heavy (non-hydrogen) atoms. The van der Waals surface area contributed by atoms with E-state index in [1.807, 2.05) is 0 Å². The van der Waals surface area contributed by atoms with E-state index < -0.39 is 16.1 Å². The standard InChI is InChI=1S/C25H22OP2/c1-5-13-22(14-6-1)27(23-15-7-2-8-16-23)21-26-28(24-17-9-3-10-18-24)25-19-11-4-12-20-25/h1-20H,21H2. The summed E-state index contributed by atoms with van der Waals surface area (Å²) >= 11 is 0. The van der Waals surface area contributed by atoms with Crippen LogP contribution < -0.4 is 21.2 Å². The average molecular weight is 400 g/mol. The Labute approximate surface area is 169 Å². The molecule has 0 aliphatic carbocycles. The Morgan fingerprint density at radius 1 is 0.429 bits per heavy atom. The molecular weight excluding hydrogens is 378 g/mol. The summed E-state index contributed by atoms with van der Waals surface area (Å²) in [5.41, 5.74) is 0. The van der Waals surface area contributed by atoms with Crippen molar-refractivity contribution in [3.05, 3.63) is 121 Å². The van der Waals surface area contributed by atoms with Gasteiger partial charge in [-0.05, 0) is 18.5 Å². The van der Waals surface area contributed by atoms with Crippen molar-refractivity contribution in [1.82, 2.24) is 0 Å². The molecule has 0 saturated carbocycles. The third kappa shape index (κ3) is 4.75. The van der Waals surface area contributed by atoms with E-state index in [1.54, 1.807) is 0 Å². The molecular formula is C25H22OP2. The number of benzene rings is 4. The van der Waals surface area contributed by atoms with Gasteiger partial charge in [0.25, 0.3) is 0 Å². The van der Waals surface area contributed by atoms with Crippen molar-refractivity contribution >= 4 is 37.3 Å². The first-order valence-corrected chi connectivity index (χ1v) is 12.1. The van der Waals surface area contributed by atoms with Crippen molar-refractivity contribution in [2.75, 3.05) is 6.35 Å². The second kappa shape index (κ2) is 9.76. The van der Waals surface area contributed by atoms with Crippen LogP contribution in [0.25, 0.3) is 0 Å². The summed E-state index contributed by atoms with van der Waals surface area (Å²) in [4.78, 5) is 0. The van der Waals surface area contributed by atoms with Crippen LogP contribution in [0.3, 0.4) is 0 Å². The molecule has 0 unspecified atom stereocenters. The molecule has 0 bridgehead atoms. The van der Waals surface area contributed by atoms with Gasteiger partial charge in [-0.25, -0.2) is 0 Å². The fourth-order valence-corrected chi connectivity index (χ4v) is 7.12. The van der Waals surface area contributed by atoms with E-state index in [4.69, 9.17) is 4.52 Å². The molecule has 4 aromatic carbocycles. The number of hydrogen-bond donors (Lipinski definition) is 0. The molecule has 0 fully saturated rings. The van der Waals surface area contributed by atoms with Crippen LogP contribution in [0.4, 0.5) is 0 Å². The maximum absolute atomic E-state index is 6.68. The maximum atomic E-state index is 6.68. The molecule has 4 rings (SSSR count). The van der Waals surface area contributed by atoms with Gasteiger partial charge in [-0.1, -0.05) is 121 Å². The van der Waals surface area contributed by atoms with Crippen LogP contribution in [-0.2, 0) is 4.52 Å². The highest BCUT2D eigenvalue weighted by atomic mass is 31.1. The smallest absolute Gasteiger partial charge is 0.0923 e. The summed E-state index contributed by atoms with van der Waals surface area (Å²) < 4.78 is 6.68. The van der Waals surface area contributed by atoms with Crippen LogP contribution in [0.5, 0.6) is 0 Å². The Kier molecular flexibility index (Phi) is 6.64. The molecule has 3 heteroatoms. The fraction of sp³-hybridized carbons (Fsp3) is 0.0400. The van der Waals surface area contributed by atoms with Gasteiger partial charge in [-0.3, -0.25) is 0 Å². The van der Waals surface area contributed by atoms with E-state index in [0.717, 1.165) is 0 Å². The molecule has 0 atom stereocenters. The average Bonchev–Trinajstić information content (AvgIpc) is 2.79. The Balaban J connectivity index is 1.64. The van der Waals surface area contributed by atoms with Crippen LogP contribution in [0.15, 0.2) is 121 Å². The van der Waals surface area contributed by atoms with Gasteiger partial charge < -0.3 is 4.52 Å². The first kappa shape index (κ1) is 19.0. The minimum Gasteiger partial charge on any atom is -0.345 e. The molecule has 0 aliphatic rings. The zero-order chi connectivity index (χ0) is 19.0. The van der Waals surface area contributed by atoms with Gasteiger partial charge >= 0.3 is 0 Å². The molecule has 0 N–H and O–H groups in total. The summed E-state index contributed by atoms with van der Waals surface area (Å²) in [6, 6.07) is 42.7. The third-order valence-corrected chi connectivity index (χ3v) is 8.79. The van der Waals surface area contributed by atoms with Crippen molar-refractivity contribution in [2.45, 2.75) is 0 Å². The molecule has 0 spiro atoms. The highest BCUT2D eigenvalue weighted by Crippen LogP contribution is 2.42. The molecule has 0 aliphatic heterocycles. The Morgan fingerprint density at radius 2 is 0.750 bits per heavy atom. The van der Waals surface area contributed by atoms with Gasteiger partial charge in [0.2, 0.25) is 0 Å². The van der Waals surface area contributed by atoms with Gasteiger partial charge in [0.05, 0.1) is 14.5 Å². The highest BCUT2D eigenvalue weighted by Gasteiger charge is 2.20. The Morgan fingerprint density at radius 3 is 1.11 bits per heavy atom. The lowest BCUT2D eigenvalue weighted by Crippen LogP contribution is -2.18. The lowest BCUT2D eigenvalue weighted by Gasteiger charge is -2.24. The number of rotatable bonds is 7.